The van der Waals surface area contributed by atoms with Gasteiger partial charge in [-0.2, -0.15) is 0 Å². The zero-order chi connectivity index (χ0) is 21.3. The van der Waals surface area contributed by atoms with Gasteiger partial charge in [0.25, 0.3) is 0 Å². The van der Waals surface area contributed by atoms with Crippen molar-refractivity contribution < 1.29 is 27.0 Å². The number of nitrogens with zero attached hydrogens (tertiary/aromatic N) is 3. The van der Waals surface area contributed by atoms with E-state index in [-0.39, 0.29) is 16.9 Å². The van der Waals surface area contributed by atoms with Gasteiger partial charge in [-0.25, -0.2) is 4.57 Å². The molecular weight excluding hydrogens is 409 g/mol. The van der Waals surface area contributed by atoms with E-state index < -0.39 is 7.54 Å². The Kier molecular flexibility index (Phi) is 7.15. The predicted octanol–water partition coefficient (Wildman–Crippen LogP) is 1.21. The molecule has 0 amide bonds. The second-order valence-corrected chi connectivity index (χ2v) is 7.46. The fourth-order valence-electron chi connectivity index (χ4n) is 4.54. The molecule has 1 aliphatic carbocycles. The van der Waals surface area contributed by atoms with Gasteiger partial charge in [0.2, 0.25) is 6.33 Å². The number of halogens is 4. The number of hydrogen-bond donors (Lipinski definition) is 0. The smallest absolute Gasteiger partial charge is 0.762 e. The molecule has 0 saturated carbocycles. The molecule has 0 saturated heterocycles. The number of rotatable bonds is 3. The fraction of sp³-hybridized carbons (Fsp3) is 0.364. The summed E-state index contributed by atoms with van der Waals surface area (Å²) >= 11 is 0. The summed E-state index contributed by atoms with van der Waals surface area (Å²) in [5, 5.41) is 4.93. The van der Waals surface area contributed by atoms with E-state index in [2.05, 4.69) is 71.9 Å². The molecule has 0 bridgehead atoms. The Morgan fingerprint density at radius 1 is 1.06 bits per heavy atom. The first kappa shape index (κ1) is 23.0. The standard InChI is InChI=1S/C22H24N3O.BF3.FH/c1-3-15-9-7-10-16(4-2)21(15)25-14-24-20(23-25)13-26-19-12-17-8-5-6-11-18(17)22(19)24;2-1(3)4;/h5-11,14,19,22H,3-4,12-13H2,1-2H3;;1H/q+1;;/p-1/t19-,22+;;/m0../s1. The summed E-state index contributed by atoms with van der Waals surface area (Å²) in [5.74, 6) is 1.01. The molecule has 164 valence electrons. The van der Waals surface area contributed by atoms with Crippen molar-refractivity contribution in [1.29, 1.82) is 0 Å². The molecule has 1 aliphatic heterocycles. The summed E-state index contributed by atoms with van der Waals surface area (Å²) in [6.07, 6.45) is 5.40. The third kappa shape index (κ3) is 4.37. The molecule has 9 heteroatoms. The van der Waals surface area contributed by atoms with Crippen LogP contribution in [-0.4, -0.2) is 23.4 Å². The van der Waals surface area contributed by atoms with Crippen molar-refractivity contribution in [3.63, 3.8) is 0 Å². The Morgan fingerprint density at radius 3 is 2.35 bits per heavy atom. The molecular formula is C22H24BF4N3O. The lowest BCUT2D eigenvalue weighted by molar-refractivity contribution is -0.739. The van der Waals surface area contributed by atoms with Crippen molar-refractivity contribution >= 4 is 7.54 Å². The van der Waals surface area contributed by atoms with Crippen molar-refractivity contribution in [1.82, 2.24) is 9.78 Å². The lowest BCUT2D eigenvalue weighted by Gasteiger charge is -2.23. The van der Waals surface area contributed by atoms with Crippen LogP contribution >= 0.6 is 0 Å². The topological polar surface area (TPSA) is 30.9 Å². The van der Waals surface area contributed by atoms with E-state index in [1.165, 1.54) is 27.9 Å². The van der Waals surface area contributed by atoms with E-state index in [1.54, 1.807) is 0 Å². The van der Waals surface area contributed by atoms with Gasteiger partial charge in [-0.05, 0) is 35.1 Å². The Balaban J connectivity index is 0.000000504. The summed E-state index contributed by atoms with van der Waals surface area (Å²) in [6, 6.07) is 15.5. The number of para-hydroxylation sites is 1. The zero-order valence-electron chi connectivity index (χ0n) is 17.4. The summed E-state index contributed by atoms with van der Waals surface area (Å²) < 4.78 is 39.6. The largest absolute Gasteiger partial charge is 1.00 e. The maximum absolute atomic E-state index is 9.67. The highest BCUT2D eigenvalue weighted by Gasteiger charge is 2.43. The minimum Gasteiger partial charge on any atom is -1.00 e. The number of benzene rings is 2. The highest BCUT2D eigenvalue weighted by Crippen LogP contribution is 2.35. The number of aryl methyl sites for hydroxylation is 2. The Labute approximate surface area is 179 Å². The van der Waals surface area contributed by atoms with Crippen LogP contribution in [0.1, 0.15) is 48.0 Å². The SMILES string of the molecule is CCc1cccc(CC)c1-n1c[n+]2c(n1)CO[C@H]1Cc3ccccc3[C@H]12.FB(F)F.[F-]. The Hall–Kier alpha value is -2.68. The van der Waals surface area contributed by atoms with Crippen LogP contribution in [-0.2, 0) is 30.6 Å². The molecule has 2 atom stereocenters. The second-order valence-electron chi connectivity index (χ2n) is 7.46. The van der Waals surface area contributed by atoms with Crippen molar-refractivity contribution in [2.75, 3.05) is 0 Å². The average molecular weight is 433 g/mol. The highest BCUT2D eigenvalue weighted by atomic mass is 19.4. The van der Waals surface area contributed by atoms with Crippen LogP contribution in [0.4, 0.5) is 12.9 Å². The van der Waals surface area contributed by atoms with Gasteiger partial charge in [0.05, 0.1) is 0 Å². The predicted molar refractivity (Wildman–Crippen MR) is 108 cm³/mol. The number of hydrogen-bond acceptors (Lipinski definition) is 2. The molecule has 2 heterocycles. The number of aromatic nitrogens is 3. The lowest BCUT2D eigenvalue weighted by Crippen LogP contribution is -3.00. The third-order valence-electron chi connectivity index (χ3n) is 5.82. The van der Waals surface area contributed by atoms with Crippen molar-refractivity contribution in [3.05, 3.63) is 76.9 Å². The molecule has 0 fully saturated rings. The maximum Gasteiger partial charge on any atom is 0.762 e. The maximum atomic E-state index is 9.67. The molecule has 0 spiro atoms. The van der Waals surface area contributed by atoms with Gasteiger partial charge in [0, 0.05) is 11.5 Å². The molecule has 31 heavy (non-hydrogen) atoms. The van der Waals surface area contributed by atoms with E-state index in [0.29, 0.717) is 6.61 Å². The Bertz CT molecular complexity index is 1020. The van der Waals surface area contributed by atoms with Crippen LogP contribution in [0.5, 0.6) is 0 Å². The number of ether oxygens (including phenoxy) is 1. The molecule has 2 aliphatic rings. The molecule has 4 nitrogen and oxygen atoms in total. The summed E-state index contributed by atoms with van der Waals surface area (Å²) in [6.45, 7) is 5.00. The van der Waals surface area contributed by atoms with Gasteiger partial charge < -0.3 is 9.44 Å². The lowest BCUT2D eigenvalue weighted by atomic mass is 10.0. The fourth-order valence-corrected chi connectivity index (χ4v) is 4.54. The van der Waals surface area contributed by atoms with Crippen molar-refractivity contribution in [3.8, 4) is 5.69 Å². The molecule has 0 unspecified atom stereocenters. The molecule has 5 rings (SSSR count). The van der Waals surface area contributed by atoms with E-state index in [9.17, 15) is 12.9 Å². The van der Waals surface area contributed by atoms with Crippen LogP contribution in [0, 0.1) is 0 Å². The first-order valence-corrected chi connectivity index (χ1v) is 10.3. The van der Waals surface area contributed by atoms with Crippen LogP contribution in [0.25, 0.3) is 5.69 Å². The van der Waals surface area contributed by atoms with Gasteiger partial charge in [-0.1, -0.05) is 61.0 Å². The quantitative estimate of drug-likeness (QED) is 0.354. The van der Waals surface area contributed by atoms with Crippen LogP contribution < -0.4 is 9.27 Å². The molecule has 0 N–H and O–H groups in total. The summed E-state index contributed by atoms with van der Waals surface area (Å²) in [4.78, 5) is 0. The molecule has 1 aromatic heterocycles. The highest BCUT2D eigenvalue weighted by molar-refractivity contribution is 6.33. The first-order valence-electron chi connectivity index (χ1n) is 10.3. The van der Waals surface area contributed by atoms with E-state index >= 15 is 0 Å². The Morgan fingerprint density at radius 2 is 1.71 bits per heavy atom. The summed E-state index contributed by atoms with van der Waals surface area (Å²) in [5.41, 5.74) is 6.70. The van der Waals surface area contributed by atoms with Gasteiger partial charge in [0.15, 0.2) is 0 Å². The third-order valence-corrected chi connectivity index (χ3v) is 5.82. The molecule has 0 radical (unpaired) electrons. The van der Waals surface area contributed by atoms with E-state index in [0.717, 1.165) is 25.1 Å². The van der Waals surface area contributed by atoms with Crippen molar-refractivity contribution in [2.24, 2.45) is 0 Å². The number of fused-ring (bicyclic) bond motifs is 5. The van der Waals surface area contributed by atoms with E-state index in [1.807, 2.05) is 0 Å². The van der Waals surface area contributed by atoms with Crippen LogP contribution in [0.2, 0.25) is 0 Å². The van der Waals surface area contributed by atoms with Gasteiger partial charge >= 0.3 is 13.4 Å². The van der Waals surface area contributed by atoms with Gasteiger partial charge in [0.1, 0.15) is 24.4 Å². The minimum absolute atomic E-state index is 0. The minimum atomic E-state index is -3.67. The van der Waals surface area contributed by atoms with Crippen LogP contribution in [0.3, 0.4) is 0 Å². The van der Waals surface area contributed by atoms with Crippen LogP contribution in [0.15, 0.2) is 48.8 Å². The average Bonchev–Trinajstić information content (AvgIpc) is 3.33. The monoisotopic (exact) mass is 433 g/mol. The normalized spacial score (nSPS) is 18.1. The first-order chi connectivity index (χ1) is 14.5. The van der Waals surface area contributed by atoms with Gasteiger partial charge in [-0.3, -0.25) is 12.9 Å². The van der Waals surface area contributed by atoms with Gasteiger partial charge in [-0.15, -0.1) is 0 Å². The van der Waals surface area contributed by atoms with E-state index in [4.69, 9.17) is 9.84 Å². The zero-order valence-corrected chi connectivity index (χ0v) is 17.4. The summed E-state index contributed by atoms with van der Waals surface area (Å²) in [7, 11) is -3.67. The molecule has 2 aromatic carbocycles. The van der Waals surface area contributed by atoms with Crippen molar-refractivity contribution in [2.45, 2.75) is 51.9 Å². The second kappa shape index (κ2) is 9.64. The molecule has 3 aromatic rings.